The van der Waals surface area contributed by atoms with Crippen LogP contribution in [0.4, 0.5) is 0 Å². The fraction of sp³-hybridized carbons (Fsp3) is 0.143. The third kappa shape index (κ3) is 2.07. The van der Waals surface area contributed by atoms with E-state index in [0.717, 1.165) is 10.2 Å². The van der Waals surface area contributed by atoms with Crippen molar-refractivity contribution in [2.45, 2.75) is 6.92 Å². The second-order valence-corrected chi connectivity index (χ2v) is 5.41. The average Bonchev–Trinajstić information content (AvgIpc) is 2.43. The Balaban J connectivity index is 2.38. The van der Waals surface area contributed by atoms with Gasteiger partial charge in [0.05, 0.1) is 27.4 Å². The van der Waals surface area contributed by atoms with Crippen LogP contribution in [-0.4, -0.2) is 11.6 Å². The molecule has 0 aromatic heterocycles. The number of fused-ring (bicyclic) bond motifs is 2. The number of halogens is 1. The van der Waals surface area contributed by atoms with Crippen LogP contribution in [0.5, 0.6) is 5.75 Å². The molecular weight excluding hydrogens is 282 g/mol. The molecule has 1 aliphatic carbocycles. The Morgan fingerprint density at radius 2 is 2.16 bits per heavy atom. The maximum Gasteiger partial charge on any atom is 0.240 e. The first-order valence-corrected chi connectivity index (χ1v) is 7.05. The lowest BCUT2D eigenvalue weighted by Crippen LogP contribution is -2.10. The molecule has 0 saturated carbocycles. The molecule has 0 unspecified atom stereocenters. The Hall–Kier alpha value is -1.65. The van der Waals surface area contributed by atoms with E-state index in [2.05, 4.69) is 4.98 Å². The fourth-order valence-corrected chi connectivity index (χ4v) is 3.18. The van der Waals surface area contributed by atoms with E-state index in [-0.39, 0.29) is 16.2 Å². The number of benzene rings is 2. The van der Waals surface area contributed by atoms with E-state index in [9.17, 15) is 4.79 Å². The van der Waals surface area contributed by atoms with Crippen LogP contribution >= 0.6 is 22.9 Å². The Kier molecular flexibility index (Phi) is 3.12. The highest BCUT2D eigenvalue weighted by atomic mass is 35.5. The highest BCUT2D eigenvalue weighted by Crippen LogP contribution is 2.36. The smallest absolute Gasteiger partial charge is 0.240 e. The molecular formula is C14H10ClNO2S. The predicted octanol–water partition coefficient (Wildman–Crippen LogP) is 3.81. The van der Waals surface area contributed by atoms with Crippen molar-refractivity contribution in [2.75, 3.05) is 6.61 Å². The van der Waals surface area contributed by atoms with Crippen LogP contribution in [0, 0.1) is 0 Å². The Morgan fingerprint density at radius 1 is 1.37 bits per heavy atom. The summed E-state index contributed by atoms with van der Waals surface area (Å²) in [6.45, 7) is 2.25. The summed E-state index contributed by atoms with van der Waals surface area (Å²) in [6.07, 6.45) is 0. The number of rotatable bonds is 2. The first-order chi connectivity index (χ1) is 9.20. The summed E-state index contributed by atoms with van der Waals surface area (Å²) in [7, 11) is 0. The van der Waals surface area contributed by atoms with Gasteiger partial charge in [-0.05, 0) is 19.1 Å². The highest BCUT2D eigenvalue weighted by molar-refractivity contribution is 7.22. The summed E-state index contributed by atoms with van der Waals surface area (Å²) in [5, 5.41) is 0.184. The molecule has 0 radical (unpaired) electrons. The number of aromatic nitrogens is 1. The van der Waals surface area contributed by atoms with Gasteiger partial charge in [0.15, 0.2) is 5.75 Å². The maximum absolute atomic E-state index is 12.0. The molecule has 0 N–H and O–H groups in total. The second-order valence-electron chi connectivity index (χ2n) is 3.98. The standard InChI is InChI=1S/C14H10ClNO2S/c1-2-18-10-7-9-14(12(15)13(10)17)19-11-6-4-3-5-8(11)16-9/h3-7H,2H2,1H3. The van der Waals surface area contributed by atoms with Crippen LogP contribution < -0.4 is 10.2 Å². The first-order valence-electron chi connectivity index (χ1n) is 5.85. The molecule has 1 aromatic rings. The zero-order valence-corrected chi connectivity index (χ0v) is 11.7. The van der Waals surface area contributed by atoms with Crippen LogP contribution in [0.15, 0.2) is 35.1 Å². The van der Waals surface area contributed by atoms with Gasteiger partial charge in [0.25, 0.3) is 0 Å². The largest absolute Gasteiger partial charge is 0.490 e. The van der Waals surface area contributed by atoms with Crippen molar-refractivity contribution in [1.82, 2.24) is 4.98 Å². The molecule has 0 spiro atoms. The zero-order chi connectivity index (χ0) is 13.4. The molecule has 2 aliphatic rings. The van der Waals surface area contributed by atoms with Crippen LogP contribution in [-0.2, 0) is 0 Å². The molecule has 19 heavy (non-hydrogen) atoms. The summed E-state index contributed by atoms with van der Waals surface area (Å²) in [5.41, 5.74) is 1.30. The van der Waals surface area contributed by atoms with Crippen LogP contribution in [0.3, 0.4) is 0 Å². The maximum atomic E-state index is 12.0. The van der Waals surface area contributed by atoms with Gasteiger partial charge in [0, 0.05) is 6.07 Å². The zero-order valence-electron chi connectivity index (χ0n) is 10.1. The molecule has 0 bridgehead atoms. The molecule has 0 amide bonds. The van der Waals surface area contributed by atoms with Gasteiger partial charge in [0.1, 0.15) is 5.02 Å². The van der Waals surface area contributed by atoms with Gasteiger partial charge >= 0.3 is 0 Å². The molecule has 0 saturated heterocycles. The summed E-state index contributed by atoms with van der Waals surface area (Å²) >= 11 is 7.61. The van der Waals surface area contributed by atoms with E-state index in [1.165, 1.54) is 11.3 Å². The molecule has 0 atom stereocenters. The first kappa shape index (κ1) is 12.4. The lowest BCUT2D eigenvalue weighted by atomic mass is 10.2. The number of ether oxygens (including phenoxy) is 1. The molecule has 5 heteroatoms. The van der Waals surface area contributed by atoms with Crippen molar-refractivity contribution in [3.63, 3.8) is 0 Å². The molecule has 0 fully saturated rings. The van der Waals surface area contributed by atoms with E-state index in [4.69, 9.17) is 16.3 Å². The van der Waals surface area contributed by atoms with Crippen LogP contribution in [0.25, 0.3) is 20.8 Å². The topological polar surface area (TPSA) is 39.2 Å². The number of hydrogen-bond acceptors (Lipinski definition) is 4. The van der Waals surface area contributed by atoms with Gasteiger partial charge < -0.3 is 4.74 Å². The van der Waals surface area contributed by atoms with E-state index >= 15 is 0 Å². The second kappa shape index (κ2) is 4.79. The molecule has 3 rings (SSSR count). The normalized spacial score (nSPS) is 11.1. The summed E-state index contributed by atoms with van der Waals surface area (Å²) in [5.74, 6) is 0.259. The Labute approximate surface area is 118 Å². The predicted molar refractivity (Wildman–Crippen MR) is 78.7 cm³/mol. The Morgan fingerprint density at radius 3 is 2.95 bits per heavy atom. The van der Waals surface area contributed by atoms with E-state index in [0.29, 0.717) is 17.2 Å². The number of para-hydroxylation sites is 1. The van der Waals surface area contributed by atoms with E-state index in [1.807, 2.05) is 31.2 Å². The van der Waals surface area contributed by atoms with E-state index in [1.54, 1.807) is 6.07 Å². The van der Waals surface area contributed by atoms with Crippen molar-refractivity contribution in [3.8, 4) is 16.3 Å². The highest BCUT2D eigenvalue weighted by Gasteiger charge is 2.18. The lowest BCUT2D eigenvalue weighted by Gasteiger charge is -2.10. The summed E-state index contributed by atoms with van der Waals surface area (Å²) in [4.78, 5) is 17.3. The lowest BCUT2D eigenvalue weighted by molar-refractivity contribution is 0.337. The summed E-state index contributed by atoms with van der Waals surface area (Å²) < 4.78 is 6.31. The fourth-order valence-electron chi connectivity index (χ4n) is 1.90. The van der Waals surface area contributed by atoms with Crippen LogP contribution in [0.2, 0.25) is 5.02 Å². The molecule has 96 valence electrons. The molecule has 3 nitrogen and oxygen atoms in total. The van der Waals surface area contributed by atoms with E-state index < -0.39 is 0 Å². The monoisotopic (exact) mass is 291 g/mol. The third-order valence-electron chi connectivity index (χ3n) is 2.74. The number of hydrogen-bond donors (Lipinski definition) is 0. The minimum Gasteiger partial charge on any atom is -0.490 e. The van der Waals surface area contributed by atoms with Crippen LogP contribution in [0.1, 0.15) is 6.92 Å². The number of nitrogens with zero attached hydrogens (tertiary/aromatic N) is 1. The van der Waals surface area contributed by atoms with Crippen molar-refractivity contribution in [2.24, 2.45) is 0 Å². The summed E-state index contributed by atoms with van der Waals surface area (Å²) in [6, 6.07) is 9.43. The van der Waals surface area contributed by atoms with Crippen molar-refractivity contribution in [3.05, 3.63) is 45.6 Å². The van der Waals surface area contributed by atoms with Gasteiger partial charge in [-0.3, -0.25) is 4.79 Å². The van der Waals surface area contributed by atoms with Gasteiger partial charge in [-0.15, -0.1) is 11.3 Å². The Bertz CT molecular complexity index is 784. The minimum atomic E-state index is -0.274. The van der Waals surface area contributed by atoms with Gasteiger partial charge in [-0.1, -0.05) is 23.7 Å². The minimum absolute atomic E-state index is 0.184. The van der Waals surface area contributed by atoms with Crippen molar-refractivity contribution >= 4 is 33.2 Å². The van der Waals surface area contributed by atoms with Gasteiger partial charge in [-0.2, -0.15) is 0 Å². The molecule has 1 heterocycles. The quantitative estimate of drug-likeness (QED) is 0.674. The van der Waals surface area contributed by atoms with Gasteiger partial charge in [0.2, 0.25) is 5.43 Å². The molecule has 1 aromatic carbocycles. The van der Waals surface area contributed by atoms with Crippen molar-refractivity contribution < 1.29 is 4.74 Å². The van der Waals surface area contributed by atoms with Gasteiger partial charge in [-0.25, -0.2) is 4.98 Å². The SMILES string of the molecule is CCOc1cc2nc3ccccc3sc-2c(Cl)c1=O. The third-order valence-corrected chi connectivity index (χ3v) is 4.40. The molecule has 1 aliphatic heterocycles. The average molecular weight is 292 g/mol. The van der Waals surface area contributed by atoms with Crippen molar-refractivity contribution in [1.29, 1.82) is 0 Å².